The van der Waals surface area contributed by atoms with Gasteiger partial charge < -0.3 is 9.64 Å². The van der Waals surface area contributed by atoms with Crippen molar-refractivity contribution in [2.45, 2.75) is 25.8 Å². The lowest BCUT2D eigenvalue weighted by Crippen LogP contribution is -2.41. The molecule has 4 nitrogen and oxygen atoms in total. The topological polar surface area (TPSA) is 39.5 Å². The van der Waals surface area contributed by atoms with Crippen LogP contribution in [0.5, 0.6) is 5.75 Å². The molecule has 0 spiro atoms. The Morgan fingerprint density at radius 2 is 2.24 bits per heavy atom. The average molecular weight is 287 g/mol. The van der Waals surface area contributed by atoms with Crippen LogP contribution in [0.25, 0.3) is 0 Å². The molecular weight excluding hydrogens is 262 g/mol. The molecular formula is C17H25N3O. The lowest BCUT2D eigenvalue weighted by molar-refractivity contribution is 0.152. The number of ether oxygens (including phenoxy) is 1. The van der Waals surface area contributed by atoms with Crippen LogP contribution in [0.3, 0.4) is 0 Å². The predicted octanol–water partition coefficient (Wildman–Crippen LogP) is 2.35. The van der Waals surface area contributed by atoms with Gasteiger partial charge in [-0.15, -0.1) is 0 Å². The van der Waals surface area contributed by atoms with Crippen molar-refractivity contribution < 1.29 is 4.74 Å². The second kappa shape index (κ2) is 8.02. The highest BCUT2D eigenvalue weighted by Crippen LogP contribution is 2.14. The highest BCUT2D eigenvalue weighted by atomic mass is 16.5. The molecule has 1 heterocycles. The van der Waals surface area contributed by atoms with Crippen LogP contribution in [-0.4, -0.2) is 55.7 Å². The molecule has 0 radical (unpaired) electrons. The molecule has 1 aromatic rings. The van der Waals surface area contributed by atoms with E-state index in [1.165, 1.54) is 19.4 Å². The molecule has 1 atom stereocenters. The maximum absolute atomic E-state index is 8.90. The number of rotatable bonds is 5. The summed E-state index contributed by atoms with van der Waals surface area (Å²) in [6.07, 6.45) is 2.39. The predicted molar refractivity (Wildman–Crippen MR) is 84.4 cm³/mol. The molecule has 0 aliphatic carbocycles. The summed E-state index contributed by atoms with van der Waals surface area (Å²) < 4.78 is 5.81. The van der Waals surface area contributed by atoms with E-state index in [0.29, 0.717) is 18.2 Å². The van der Waals surface area contributed by atoms with Gasteiger partial charge in [0.2, 0.25) is 0 Å². The maximum atomic E-state index is 8.90. The van der Waals surface area contributed by atoms with E-state index in [9.17, 15) is 0 Å². The summed E-state index contributed by atoms with van der Waals surface area (Å²) in [6, 6.07) is 10.1. The van der Waals surface area contributed by atoms with Gasteiger partial charge in [0.25, 0.3) is 0 Å². The molecule has 1 aromatic carbocycles. The zero-order valence-corrected chi connectivity index (χ0v) is 13.1. The molecule has 21 heavy (non-hydrogen) atoms. The lowest BCUT2D eigenvalue weighted by atomic mass is 10.2. The zero-order chi connectivity index (χ0) is 15.1. The van der Waals surface area contributed by atoms with Gasteiger partial charge in [-0.1, -0.05) is 13.0 Å². The van der Waals surface area contributed by atoms with Gasteiger partial charge in [-0.2, -0.15) is 5.26 Å². The van der Waals surface area contributed by atoms with Gasteiger partial charge in [0.05, 0.1) is 11.6 Å². The first-order chi connectivity index (χ1) is 10.2. The fourth-order valence-electron chi connectivity index (χ4n) is 2.91. The molecule has 0 amide bonds. The van der Waals surface area contributed by atoms with Gasteiger partial charge >= 0.3 is 0 Å². The van der Waals surface area contributed by atoms with Crippen molar-refractivity contribution in [3.63, 3.8) is 0 Å². The normalized spacial score (nSPS) is 20.7. The van der Waals surface area contributed by atoms with E-state index in [0.717, 1.165) is 25.4 Å². The van der Waals surface area contributed by atoms with Gasteiger partial charge in [0.15, 0.2) is 0 Å². The average Bonchev–Trinajstić information content (AvgIpc) is 2.69. The quantitative estimate of drug-likeness (QED) is 0.833. The summed E-state index contributed by atoms with van der Waals surface area (Å²) >= 11 is 0. The number of nitriles is 1. The third-order valence-electron chi connectivity index (χ3n) is 4.11. The first-order valence-electron chi connectivity index (χ1n) is 7.78. The molecule has 4 heteroatoms. The molecule has 1 saturated heterocycles. The third-order valence-corrected chi connectivity index (χ3v) is 4.11. The van der Waals surface area contributed by atoms with Crippen molar-refractivity contribution in [1.82, 2.24) is 9.80 Å². The van der Waals surface area contributed by atoms with E-state index < -0.39 is 0 Å². The van der Waals surface area contributed by atoms with Gasteiger partial charge in [-0.3, -0.25) is 4.90 Å². The largest absolute Gasteiger partial charge is 0.492 e. The monoisotopic (exact) mass is 287 g/mol. The number of benzene rings is 1. The standard InChI is InChI=1S/C17H25N3O/c1-3-16-14-19(2)8-5-9-20(16)10-11-21-17-7-4-6-15(12-17)13-18/h4,6-7,12,16H,3,5,8-11,14H2,1-2H3. The Morgan fingerprint density at radius 3 is 3.00 bits per heavy atom. The molecule has 0 saturated carbocycles. The minimum absolute atomic E-state index is 0.617. The van der Waals surface area contributed by atoms with Crippen LogP contribution in [0.4, 0.5) is 0 Å². The van der Waals surface area contributed by atoms with E-state index in [1.807, 2.05) is 12.1 Å². The molecule has 1 aliphatic rings. The van der Waals surface area contributed by atoms with Crippen LogP contribution >= 0.6 is 0 Å². The molecule has 114 valence electrons. The first-order valence-corrected chi connectivity index (χ1v) is 7.78. The van der Waals surface area contributed by atoms with E-state index in [4.69, 9.17) is 10.00 Å². The van der Waals surface area contributed by atoms with Crippen LogP contribution in [0, 0.1) is 11.3 Å². The fourth-order valence-corrected chi connectivity index (χ4v) is 2.91. The zero-order valence-electron chi connectivity index (χ0n) is 13.1. The number of hydrogen-bond acceptors (Lipinski definition) is 4. The second-order valence-electron chi connectivity index (χ2n) is 5.70. The Balaban J connectivity index is 1.85. The summed E-state index contributed by atoms with van der Waals surface area (Å²) in [5.41, 5.74) is 0.648. The van der Waals surface area contributed by atoms with Gasteiger partial charge in [0, 0.05) is 19.1 Å². The Labute approximate surface area is 127 Å². The van der Waals surface area contributed by atoms with Gasteiger partial charge in [0.1, 0.15) is 12.4 Å². The van der Waals surface area contributed by atoms with Crippen molar-refractivity contribution in [3.05, 3.63) is 29.8 Å². The first kappa shape index (κ1) is 15.8. The number of nitrogens with zero attached hydrogens (tertiary/aromatic N) is 3. The number of likely N-dealkylation sites (N-methyl/N-ethyl adjacent to an activating group) is 1. The Kier molecular flexibility index (Phi) is 6.04. The van der Waals surface area contributed by atoms with E-state index in [1.54, 1.807) is 12.1 Å². The van der Waals surface area contributed by atoms with Gasteiger partial charge in [-0.05, 0) is 51.2 Å². The second-order valence-corrected chi connectivity index (χ2v) is 5.70. The van der Waals surface area contributed by atoms with E-state index in [-0.39, 0.29) is 0 Å². The Hall–Kier alpha value is -1.57. The smallest absolute Gasteiger partial charge is 0.120 e. The van der Waals surface area contributed by atoms with Gasteiger partial charge in [-0.25, -0.2) is 0 Å². The summed E-state index contributed by atoms with van der Waals surface area (Å²) in [7, 11) is 2.20. The molecule has 0 bridgehead atoms. The van der Waals surface area contributed by atoms with E-state index >= 15 is 0 Å². The molecule has 1 fully saturated rings. The summed E-state index contributed by atoms with van der Waals surface area (Å²) in [5, 5.41) is 8.90. The third kappa shape index (κ3) is 4.73. The maximum Gasteiger partial charge on any atom is 0.120 e. The van der Waals surface area contributed by atoms with Crippen LogP contribution in [0.1, 0.15) is 25.3 Å². The molecule has 1 aliphatic heterocycles. The minimum atomic E-state index is 0.617. The highest BCUT2D eigenvalue weighted by molar-refractivity contribution is 5.36. The van der Waals surface area contributed by atoms with Crippen molar-refractivity contribution >= 4 is 0 Å². The van der Waals surface area contributed by atoms with Crippen molar-refractivity contribution in [2.75, 3.05) is 39.8 Å². The van der Waals surface area contributed by atoms with Crippen molar-refractivity contribution in [1.29, 1.82) is 5.26 Å². The number of hydrogen-bond donors (Lipinski definition) is 0. The van der Waals surface area contributed by atoms with Crippen LogP contribution in [-0.2, 0) is 0 Å². The van der Waals surface area contributed by atoms with Crippen LogP contribution < -0.4 is 4.74 Å². The Morgan fingerprint density at radius 1 is 1.38 bits per heavy atom. The van der Waals surface area contributed by atoms with Crippen molar-refractivity contribution in [3.8, 4) is 11.8 Å². The molecule has 0 aromatic heterocycles. The van der Waals surface area contributed by atoms with Crippen LogP contribution in [0.2, 0.25) is 0 Å². The summed E-state index contributed by atoms with van der Waals surface area (Å²) in [4.78, 5) is 4.96. The Bertz CT molecular complexity index is 483. The van der Waals surface area contributed by atoms with E-state index in [2.05, 4.69) is 29.8 Å². The molecule has 0 N–H and O–H groups in total. The molecule has 2 rings (SSSR count). The van der Waals surface area contributed by atoms with Crippen molar-refractivity contribution in [2.24, 2.45) is 0 Å². The summed E-state index contributed by atoms with van der Waals surface area (Å²) in [6.45, 7) is 7.34. The lowest BCUT2D eigenvalue weighted by Gasteiger charge is -2.29. The molecule has 1 unspecified atom stereocenters. The summed E-state index contributed by atoms with van der Waals surface area (Å²) in [5.74, 6) is 0.786. The highest BCUT2D eigenvalue weighted by Gasteiger charge is 2.21. The minimum Gasteiger partial charge on any atom is -0.492 e. The van der Waals surface area contributed by atoms with Crippen LogP contribution in [0.15, 0.2) is 24.3 Å². The SMILES string of the molecule is CCC1CN(C)CCCN1CCOc1cccc(C#N)c1. The fraction of sp³-hybridized carbons (Fsp3) is 0.588.